The fourth-order valence-electron chi connectivity index (χ4n) is 1.44. The van der Waals surface area contributed by atoms with E-state index in [1.165, 1.54) is 24.3 Å². The van der Waals surface area contributed by atoms with Crippen LogP contribution in [0.4, 0.5) is 0 Å². The molecule has 0 radical (unpaired) electrons. The molecule has 0 bridgehead atoms. The van der Waals surface area contributed by atoms with Crippen molar-refractivity contribution in [2.75, 3.05) is 6.54 Å². The Labute approximate surface area is 106 Å². The summed E-state index contributed by atoms with van der Waals surface area (Å²) in [5.41, 5.74) is 0. The summed E-state index contributed by atoms with van der Waals surface area (Å²) >= 11 is 0. The van der Waals surface area contributed by atoms with Crippen LogP contribution >= 0.6 is 0 Å². The van der Waals surface area contributed by atoms with Crippen LogP contribution < -0.4 is 9.86 Å². The number of hydrogen-bond donors (Lipinski definition) is 2. The van der Waals surface area contributed by atoms with Crippen molar-refractivity contribution in [3.05, 3.63) is 24.3 Å². The van der Waals surface area contributed by atoms with Gasteiger partial charge in [0.25, 0.3) is 0 Å². The maximum atomic E-state index is 11.8. The number of nitrogens with two attached hydrogens (primary N) is 1. The van der Waals surface area contributed by atoms with Gasteiger partial charge in [-0.2, -0.15) is 0 Å². The van der Waals surface area contributed by atoms with Gasteiger partial charge in [0.1, 0.15) is 0 Å². The van der Waals surface area contributed by atoms with Crippen molar-refractivity contribution in [2.24, 2.45) is 11.1 Å². The molecule has 8 heteroatoms. The molecule has 1 aromatic carbocycles. The van der Waals surface area contributed by atoms with Gasteiger partial charge in [-0.1, -0.05) is 0 Å². The molecule has 0 saturated heterocycles. The molecule has 3 N–H and O–H groups in total. The fourth-order valence-corrected chi connectivity index (χ4v) is 3.07. The number of primary sulfonamides is 1. The summed E-state index contributed by atoms with van der Waals surface area (Å²) in [6.07, 6.45) is 2.10. The minimum absolute atomic E-state index is 0.0375. The smallest absolute Gasteiger partial charge is 0.225 e. The van der Waals surface area contributed by atoms with Crippen LogP contribution in [0.5, 0.6) is 0 Å². The molecule has 1 saturated carbocycles. The predicted octanol–water partition coefficient (Wildman–Crippen LogP) is 0.0223. The molecule has 1 aliphatic carbocycles. The molecule has 6 nitrogen and oxygen atoms in total. The summed E-state index contributed by atoms with van der Waals surface area (Å²) < 4.78 is 48.2. The molecular weight excluding hydrogens is 276 g/mol. The maximum Gasteiger partial charge on any atom is 0.240 e. The molecule has 0 heterocycles. The van der Waals surface area contributed by atoms with E-state index in [1.54, 1.807) is 0 Å². The van der Waals surface area contributed by atoms with Crippen molar-refractivity contribution in [2.45, 2.75) is 22.6 Å². The van der Waals surface area contributed by atoms with Crippen molar-refractivity contribution in [3.8, 4) is 0 Å². The molecule has 1 fully saturated rings. The zero-order valence-corrected chi connectivity index (χ0v) is 11.2. The molecule has 0 unspecified atom stereocenters. The van der Waals surface area contributed by atoms with Gasteiger partial charge in [-0.15, -0.1) is 0 Å². The first kappa shape index (κ1) is 13.5. The zero-order chi connectivity index (χ0) is 13.4. The molecule has 2 rings (SSSR count). The van der Waals surface area contributed by atoms with E-state index in [2.05, 4.69) is 4.72 Å². The van der Waals surface area contributed by atoms with E-state index in [0.717, 1.165) is 12.8 Å². The van der Waals surface area contributed by atoms with Crippen molar-refractivity contribution >= 4 is 20.0 Å². The lowest BCUT2D eigenvalue weighted by Gasteiger charge is -2.06. The van der Waals surface area contributed by atoms with E-state index in [-0.39, 0.29) is 9.79 Å². The van der Waals surface area contributed by atoms with Gasteiger partial charge in [0.15, 0.2) is 0 Å². The van der Waals surface area contributed by atoms with E-state index in [4.69, 9.17) is 5.14 Å². The van der Waals surface area contributed by atoms with Gasteiger partial charge in [-0.25, -0.2) is 26.7 Å². The van der Waals surface area contributed by atoms with Crippen molar-refractivity contribution in [3.63, 3.8) is 0 Å². The van der Waals surface area contributed by atoms with Crippen LogP contribution in [0.2, 0.25) is 0 Å². The second-order valence-corrected chi connectivity index (χ2v) is 7.64. The summed E-state index contributed by atoms with van der Waals surface area (Å²) in [6.45, 7) is 0.430. The van der Waals surface area contributed by atoms with Crippen LogP contribution in [0.15, 0.2) is 34.1 Å². The predicted molar refractivity (Wildman–Crippen MR) is 65.7 cm³/mol. The van der Waals surface area contributed by atoms with E-state index in [9.17, 15) is 16.8 Å². The van der Waals surface area contributed by atoms with Crippen LogP contribution in [0, 0.1) is 5.92 Å². The highest BCUT2D eigenvalue weighted by Gasteiger charge is 2.24. The molecule has 0 aliphatic heterocycles. The normalized spacial score (nSPS) is 16.7. The molecule has 100 valence electrons. The van der Waals surface area contributed by atoms with Crippen molar-refractivity contribution in [1.82, 2.24) is 4.72 Å². The molecule has 0 spiro atoms. The first-order valence-electron chi connectivity index (χ1n) is 5.41. The summed E-state index contributed by atoms with van der Waals surface area (Å²) in [5.74, 6) is 0.434. The summed E-state index contributed by atoms with van der Waals surface area (Å²) in [5, 5.41) is 4.93. The van der Waals surface area contributed by atoms with E-state index < -0.39 is 20.0 Å². The standard InChI is InChI=1S/C10H14N2O4S2/c11-17(13,14)9-3-5-10(6-4-9)18(15,16)12-7-8-1-2-8/h3-6,8,12H,1-2,7H2,(H2,11,13,14). The minimum Gasteiger partial charge on any atom is -0.225 e. The lowest BCUT2D eigenvalue weighted by Crippen LogP contribution is -2.25. The average Bonchev–Trinajstić information content (AvgIpc) is 3.09. The molecular formula is C10H14N2O4S2. The van der Waals surface area contributed by atoms with Crippen LogP contribution in [0.25, 0.3) is 0 Å². The first-order valence-corrected chi connectivity index (χ1v) is 8.44. The third kappa shape index (κ3) is 3.29. The van der Waals surface area contributed by atoms with Crippen LogP contribution in [-0.2, 0) is 20.0 Å². The second-order valence-electron chi connectivity index (χ2n) is 4.31. The monoisotopic (exact) mass is 290 g/mol. The van der Waals surface area contributed by atoms with Gasteiger partial charge in [-0.3, -0.25) is 0 Å². The highest BCUT2D eigenvalue weighted by Crippen LogP contribution is 2.28. The largest absolute Gasteiger partial charge is 0.240 e. The van der Waals surface area contributed by atoms with Gasteiger partial charge in [0, 0.05) is 6.54 Å². The van der Waals surface area contributed by atoms with Crippen molar-refractivity contribution in [1.29, 1.82) is 0 Å². The van der Waals surface area contributed by atoms with Crippen LogP contribution in [0.1, 0.15) is 12.8 Å². The molecule has 0 atom stereocenters. The Morgan fingerprint density at radius 2 is 1.56 bits per heavy atom. The molecule has 0 amide bonds. The number of benzene rings is 1. The molecule has 1 aliphatic rings. The van der Waals surface area contributed by atoms with Gasteiger partial charge in [0.05, 0.1) is 9.79 Å². The lowest BCUT2D eigenvalue weighted by atomic mass is 10.4. The Hall–Kier alpha value is -0.960. The van der Waals surface area contributed by atoms with E-state index in [1.807, 2.05) is 0 Å². The van der Waals surface area contributed by atoms with Gasteiger partial charge >= 0.3 is 0 Å². The minimum atomic E-state index is -3.80. The van der Waals surface area contributed by atoms with Gasteiger partial charge < -0.3 is 0 Å². The molecule has 1 aromatic rings. The number of rotatable bonds is 5. The number of sulfonamides is 2. The first-order chi connectivity index (χ1) is 8.29. The quantitative estimate of drug-likeness (QED) is 0.797. The fraction of sp³-hybridized carbons (Fsp3) is 0.400. The summed E-state index contributed by atoms with van der Waals surface area (Å²) in [4.78, 5) is -0.0702. The van der Waals surface area contributed by atoms with E-state index in [0.29, 0.717) is 12.5 Å². The second kappa shape index (κ2) is 4.61. The maximum absolute atomic E-state index is 11.8. The Morgan fingerprint density at radius 3 is 2.00 bits per heavy atom. The molecule has 18 heavy (non-hydrogen) atoms. The van der Waals surface area contributed by atoms with E-state index >= 15 is 0 Å². The van der Waals surface area contributed by atoms with Crippen LogP contribution in [-0.4, -0.2) is 23.4 Å². The molecule has 0 aromatic heterocycles. The third-order valence-corrected chi connectivity index (χ3v) is 5.09. The number of nitrogens with one attached hydrogen (secondary N) is 1. The average molecular weight is 290 g/mol. The number of hydrogen-bond acceptors (Lipinski definition) is 4. The zero-order valence-electron chi connectivity index (χ0n) is 9.53. The highest BCUT2D eigenvalue weighted by molar-refractivity contribution is 7.89. The Bertz CT molecular complexity index is 631. The Morgan fingerprint density at radius 1 is 1.06 bits per heavy atom. The van der Waals surface area contributed by atoms with Crippen molar-refractivity contribution < 1.29 is 16.8 Å². The summed E-state index contributed by atoms with van der Waals surface area (Å²) in [6, 6.07) is 4.83. The lowest BCUT2D eigenvalue weighted by molar-refractivity contribution is 0.576. The Kier molecular flexibility index (Phi) is 3.45. The topological polar surface area (TPSA) is 106 Å². The summed E-state index contributed by atoms with van der Waals surface area (Å²) in [7, 11) is -7.36. The van der Waals surface area contributed by atoms with Gasteiger partial charge in [-0.05, 0) is 43.0 Å². The SMILES string of the molecule is NS(=O)(=O)c1ccc(S(=O)(=O)NCC2CC2)cc1. The Balaban J connectivity index is 2.17. The third-order valence-electron chi connectivity index (χ3n) is 2.72. The highest BCUT2D eigenvalue weighted by atomic mass is 32.2. The van der Waals surface area contributed by atoms with Gasteiger partial charge in [0.2, 0.25) is 20.0 Å². The van der Waals surface area contributed by atoms with Crippen LogP contribution in [0.3, 0.4) is 0 Å².